The lowest BCUT2D eigenvalue weighted by Gasteiger charge is -2.11. The highest BCUT2D eigenvalue weighted by molar-refractivity contribution is 5.90. The first-order valence-electron chi connectivity index (χ1n) is 8.35. The molecule has 6 heteroatoms. The zero-order valence-electron chi connectivity index (χ0n) is 14.5. The molecular formula is C22H14F6. The molecule has 0 aliphatic heterocycles. The molecule has 0 heterocycles. The van der Waals surface area contributed by atoms with E-state index >= 15 is 0 Å². The summed E-state index contributed by atoms with van der Waals surface area (Å²) in [6.07, 6.45) is 0.640. The zero-order chi connectivity index (χ0) is 20.4. The molecular weight excluding hydrogens is 378 g/mol. The van der Waals surface area contributed by atoms with Gasteiger partial charge in [-0.25, -0.2) is 17.6 Å². The molecule has 0 aromatic heterocycles. The molecule has 0 radical (unpaired) electrons. The van der Waals surface area contributed by atoms with Gasteiger partial charge >= 0.3 is 0 Å². The summed E-state index contributed by atoms with van der Waals surface area (Å²) in [4.78, 5) is 0. The van der Waals surface area contributed by atoms with E-state index in [1.165, 1.54) is 18.2 Å². The molecule has 0 atom stereocenters. The van der Waals surface area contributed by atoms with Crippen LogP contribution in [0.2, 0.25) is 0 Å². The maximum atomic E-state index is 14.5. The minimum absolute atomic E-state index is 0.000892. The molecule has 0 bridgehead atoms. The van der Waals surface area contributed by atoms with Crippen LogP contribution in [0.5, 0.6) is 0 Å². The van der Waals surface area contributed by atoms with Crippen LogP contribution in [0.1, 0.15) is 17.5 Å². The maximum Gasteiger partial charge on any atom is 0.271 e. The molecule has 3 aromatic carbocycles. The van der Waals surface area contributed by atoms with Gasteiger partial charge in [0.25, 0.3) is 6.08 Å². The average Bonchev–Trinajstić information content (AvgIpc) is 2.62. The van der Waals surface area contributed by atoms with Gasteiger partial charge in [-0.2, -0.15) is 8.78 Å². The predicted octanol–water partition coefficient (Wildman–Crippen LogP) is 7.42. The molecule has 28 heavy (non-hydrogen) atoms. The third-order valence-corrected chi connectivity index (χ3v) is 4.35. The van der Waals surface area contributed by atoms with Crippen LogP contribution < -0.4 is 0 Å². The van der Waals surface area contributed by atoms with Crippen molar-refractivity contribution in [2.75, 3.05) is 0 Å². The fraction of sp³-hybridized carbons (Fsp3) is 0.0909. The molecule has 0 saturated heterocycles. The van der Waals surface area contributed by atoms with E-state index in [-0.39, 0.29) is 22.6 Å². The molecule has 0 aliphatic carbocycles. The Morgan fingerprint density at radius 1 is 0.893 bits per heavy atom. The summed E-state index contributed by atoms with van der Waals surface area (Å²) in [5.41, 5.74) is -0.166. The Kier molecular flexibility index (Phi) is 5.58. The Balaban J connectivity index is 2.15. The summed E-state index contributed by atoms with van der Waals surface area (Å²) in [5, 5.41) is -0.836. The quantitative estimate of drug-likeness (QED) is 0.313. The molecule has 0 spiro atoms. The third kappa shape index (κ3) is 3.81. The van der Waals surface area contributed by atoms with Gasteiger partial charge in [-0.15, -0.1) is 6.58 Å². The SMILES string of the molecule is C=CCCc1ccc(-c2cc(F)c3c(F)c(C=C(F)F)c(F)cc3c2)c(F)c1. The standard InChI is InChI=1S/C22H14F6/c1-2-3-4-12-5-6-15(17(23)7-12)13-8-14-10-18(24)16(11-20(26)27)22(28)21(14)19(25)9-13/h2,5-11H,1,3-4H2. The van der Waals surface area contributed by atoms with Crippen LogP contribution in [0.4, 0.5) is 26.3 Å². The number of benzene rings is 3. The zero-order valence-corrected chi connectivity index (χ0v) is 14.5. The van der Waals surface area contributed by atoms with E-state index in [0.29, 0.717) is 12.8 Å². The van der Waals surface area contributed by atoms with Crippen molar-refractivity contribution in [3.63, 3.8) is 0 Å². The van der Waals surface area contributed by atoms with Crippen LogP contribution in [0, 0.1) is 23.3 Å². The van der Waals surface area contributed by atoms with Crippen LogP contribution in [-0.2, 0) is 6.42 Å². The van der Waals surface area contributed by atoms with Crippen molar-refractivity contribution in [1.29, 1.82) is 0 Å². The molecule has 0 amide bonds. The van der Waals surface area contributed by atoms with E-state index < -0.39 is 40.3 Å². The number of allylic oxidation sites excluding steroid dienone is 1. The number of halogens is 6. The monoisotopic (exact) mass is 392 g/mol. The van der Waals surface area contributed by atoms with Gasteiger partial charge < -0.3 is 0 Å². The summed E-state index contributed by atoms with van der Waals surface area (Å²) < 4.78 is 82.2. The number of aryl methyl sites for hydroxylation is 1. The van der Waals surface area contributed by atoms with Gasteiger partial charge in [-0.1, -0.05) is 18.2 Å². The number of hydrogen-bond acceptors (Lipinski definition) is 0. The number of hydrogen-bond donors (Lipinski definition) is 0. The first-order valence-corrected chi connectivity index (χ1v) is 8.35. The summed E-state index contributed by atoms with van der Waals surface area (Å²) >= 11 is 0. The smallest absolute Gasteiger partial charge is 0.206 e. The van der Waals surface area contributed by atoms with Crippen molar-refractivity contribution < 1.29 is 26.3 Å². The van der Waals surface area contributed by atoms with Gasteiger partial charge in [0.1, 0.15) is 23.3 Å². The first-order chi connectivity index (χ1) is 13.3. The van der Waals surface area contributed by atoms with E-state index in [1.807, 2.05) is 0 Å². The molecule has 0 unspecified atom stereocenters. The maximum absolute atomic E-state index is 14.5. The van der Waals surface area contributed by atoms with Crippen molar-refractivity contribution in [2.45, 2.75) is 12.8 Å². The Morgan fingerprint density at radius 3 is 2.29 bits per heavy atom. The largest absolute Gasteiger partial charge is 0.271 e. The Morgan fingerprint density at radius 2 is 1.64 bits per heavy atom. The van der Waals surface area contributed by atoms with Gasteiger partial charge in [0.15, 0.2) is 0 Å². The van der Waals surface area contributed by atoms with Crippen LogP contribution in [0.25, 0.3) is 28.0 Å². The van der Waals surface area contributed by atoms with E-state index in [2.05, 4.69) is 6.58 Å². The fourth-order valence-corrected chi connectivity index (χ4v) is 3.04. The van der Waals surface area contributed by atoms with E-state index in [4.69, 9.17) is 0 Å². The van der Waals surface area contributed by atoms with Crippen LogP contribution in [0.3, 0.4) is 0 Å². The second-order valence-corrected chi connectivity index (χ2v) is 6.22. The molecule has 0 fully saturated rings. The van der Waals surface area contributed by atoms with Crippen molar-refractivity contribution in [1.82, 2.24) is 0 Å². The predicted molar refractivity (Wildman–Crippen MR) is 97.9 cm³/mol. The minimum atomic E-state index is -2.31. The highest BCUT2D eigenvalue weighted by Crippen LogP contribution is 2.33. The first kappa shape index (κ1) is 19.7. The summed E-state index contributed by atoms with van der Waals surface area (Å²) in [7, 11) is 0. The summed E-state index contributed by atoms with van der Waals surface area (Å²) in [5.74, 6) is -4.42. The number of rotatable bonds is 5. The van der Waals surface area contributed by atoms with E-state index in [0.717, 1.165) is 17.7 Å². The van der Waals surface area contributed by atoms with Crippen LogP contribution in [0.15, 0.2) is 55.1 Å². The van der Waals surface area contributed by atoms with Gasteiger partial charge in [0.2, 0.25) is 0 Å². The molecule has 3 rings (SSSR count). The lowest BCUT2D eigenvalue weighted by atomic mass is 9.97. The highest BCUT2D eigenvalue weighted by atomic mass is 19.3. The molecule has 0 saturated carbocycles. The molecule has 0 N–H and O–H groups in total. The van der Waals surface area contributed by atoms with Crippen molar-refractivity contribution in [2.24, 2.45) is 0 Å². The minimum Gasteiger partial charge on any atom is -0.206 e. The van der Waals surface area contributed by atoms with E-state index in [1.54, 1.807) is 12.1 Å². The highest BCUT2D eigenvalue weighted by Gasteiger charge is 2.18. The van der Waals surface area contributed by atoms with Gasteiger partial charge in [0, 0.05) is 11.6 Å². The average molecular weight is 392 g/mol. The lowest BCUT2D eigenvalue weighted by Crippen LogP contribution is -1.96. The normalized spacial score (nSPS) is 10.9. The van der Waals surface area contributed by atoms with Crippen molar-refractivity contribution in [3.05, 3.63) is 89.5 Å². The second-order valence-electron chi connectivity index (χ2n) is 6.22. The molecule has 0 aliphatic rings. The van der Waals surface area contributed by atoms with Gasteiger partial charge in [0.05, 0.1) is 10.9 Å². The molecule has 3 aromatic rings. The van der Waals surface area contributed by atoms with Crippen LogP contribution in [-0.4, -0.2) is 0 Å². The fourth-order valence-electron chi connectivity index (χ4n) is 3.04. The van der Waals surface area contributed by atoms with Gasteiger partial charge in [-0.05, 0) is 53.6 Å². The Hall–Kier alpha value is -3.02. The van der Waals surface area contributed by atoms with Gasteiger partial charge in [-0.3, -0.25) is 0 Å². The lowest BCUT2D eigenvalue weighted by molar-refractivity contribution is 0.428. The van der Waals surface area contributed by atoms with Crippen molar-refractivity contribution >= 4 is 16.8 Å². The molecule has 0 nitrogen and oxygen atoms in total. The summed E-state index contributed by atoms with van der Waals surface area (Å²) in [6, 6.07) is 7.28. The molecule has 144 valence electrons. The van der Waals surface area contributed by atoms with Crippen LogP contribution >= 0.6 is 0 Å². The Labute approximate surface area is 157 Å². The summed E-state index contributed by atoms with van der Waals surface area (Å²) in [6.45, 7) is 3.60. The Bertz CT molecular complexity index is 1090. The second kappa shape index (κ2) is 7.92. The number of fused-ring (bicyclic) bond motifs is 1. The van der Waals surface area contributed by atoms with E-state index in [9.17, 15) is 26.3 Å². The van der Waals surface area contributed by atoms with Crippen molar-refractivity contribution in [3.8, 4) is 11.1 Å². The third-order valence-electron chi connectivity index (χ3n) is 4.35. The topological polar surface area (TPSA) is 0 Å².